The molecule has 7 heteroatoms. The summed E-state index contributed by atoms with van der Waals surface area (Å²) >= 11 is 0. The van der Waals surface area contributed by atoms with Crippen LogP contribution in [0, 0.1) is 13.8 Å². The van der Waals surface area contributed by atoms with Crippen LogP contribution < -0.4 is 5.32 Å². The lowest BCUT2D eigenvalue weighted by molar-refractivity contribution is -0.116. The van der Waals surface area contributed by atoms with E-state index in [0.717, 1.165) is 27.9 Å². The van der Waals surface area contributed by atoms with E-state index in [1.807, 2.05) is 74.5 Å². The number of nitrogens with one attached hydrogen (secondary N) is 1. The quantitative estimate of drug-likeness (QED) is 0.551. The molecular formula is C27H31N3O3S. The van der Waals surface area contributed by atoms with E-state index in [2.05, 4.69) is 10.2 Å². The van der Waals surface area contributed by atoms with Gasteiger partial charge in [0.2, 0.25) is 15.9 Å². The molecule has 1 fully saturated rings. The first-order valence-corrected chi connectivity index (χ1v) is 13.0. The average molecular weight is 478 g/mol. The van der Waals surface area contributed by atoms with E-state index in [1.165, 1.54) is 0 Å². The van der Waals surface area contributed by atoms with Gasteiger partial charge in [0.15, 0.2) is 0 Å². The number of aryl methyl sites for hydroxylation is 2. The molecule has 0 aromatic heterocycles. The lowest BCUT2D eigenvalue weighted by Crippen LogP contribution is -2.49. The first-order valence-electron chi connectivity index (χ1n) is 11.6. The Morgan fingerprint density at radius 1 is 0.853 bits per heavy atom. The van der Waals surface area contributed by atoms with Crippen molar-refractivity contribution in [2.75, 3.05) is 38.0 Å². The first-order chi connectivity index (χ1) is 16.3. The minimum absolute atomic E-state index is 0.0476. The van der Waals surface area contributed by atoms with Gasteiger partial charge in [-0.1, -0.05) is 54.6 Å². The SMILES string of the molecule is Cc1ccc(S(=O)(=O)N2CCN(CCC(=O)Nc3ccccc3-c3ccccc3)CC2)cc1C. The molecule has 178 valence electrons. The molecule has 3 aromatic carbocycles. The summed E-state index contributed by atoms with van der Waals surface area (Å²) in [5, 5.41) is 3.04. The Morgan fingerprint density at radius 2 is 1.53 bits per heavy atom. The number of amides is 1. The van der Waals surface area contributed by atoms with E-state index in [-0.39, 0.29) is 5.91 Å². The molecule has 1 heterocycles. The molecule has 0 aliphatic carbocycles. The Hall–Kier alpha value is -3.00. The van der Waals surface area contributed by atoms with Crippen molar-refractivity contribution in [1.29, 1.82) is 0 Å². The zero-order chi connectivity index (χ0) is 24.1. The van der Waals surface area contributed by atoms with E-state index >= 15 is 0 Å². The van der Waals surface area contributed by atoms with Gasteiger partial charge in [-0.15, -0.1) is 0 Å². The second kappa shape index (κ2) is 10.5. The predicted molar refractivity (Wildman–Crippen MR) is 136 cm³/mol. The van der Waals surface area contributed by atoms with Crippen LogP contribution in [0.3, 0.4) is 0 Å². The summed E-state index contributed by atoms with van der Waals surface area (Å²) in [5.74, 6) is -0.0476. The maximum atomic E-state index is 13.0. The molecule has 1 aliphatic heterocycles. The van der Waals surface area contributed by atoms with Crippen molar-refractivity contribution in [3.05, 3.63) is 83.9 Å². The van der Waals surface area contributed by atoms with Crippen molar-refractivity contribution in [2.24, 2.45) is 0 Å². The number of sulfonamides is 1. The van der Waals surface area contributed by atoms with Gasteiger partial charge in [0.25, 0.3) is 0 Å². The highest BCUT2D eigenvalue weighted by molar-refractivity contribution is 7.89. The molecular weight excluding hydrogens is 446 g/mol. The third-order valence-corrected chi connectivity index (χ3v) is 8.28. The highest BCUT2D eigenvalue weighted by Gasteiger charge is 2.28. The highest BCUT2D eigenvalue weighted by Crippen LogP contribution is 2.27. The first kappa shape index (κ1) is 24.1. The Balaban J connectivity index is 1.30. The van der Waals surface area contributed by atoms with Crippen molar-refractivity contribution in [2.45, 2.75) is 25.2 Å². The van der Waals surface area contributed by atoms with Crippen LogP contribution in [0.25, 0.3) is 11.1 Å². The van der Waals surface area contributed by atoms with Crippen molar-refractivity contribution in [3.63, 3.8) is 0 Å². The van der Waals surface area contributed by atoms with Gasteiger partial charge in [0, 0.05) is 50.4 Å². The summed E-state index contributed by atoms with van der Waals surface area (Å²) in [5.41, 5.74) is 4.89. The number of hydrogen-bond donors (Lipinski definition) is 1. The second-order valence-electron chi connectivity index (χ2n) is 8.70. The van der Waals surface area contributed by atoms with Crippen LogP contribution in [-0.2, 0) is 14.8 Å². The maximum absolute atomic E-state index is 13.0. The van der Waals surface area contributed by atoms with Crippen LogP contribution in [0.5, 0.6) is 0 Å². The largest absolute Gasteiger partial charge is 0.325 e. The fourth-order valence-corrected chi connectivity index (χ4v) is 5.66. The monoisotopic (exact) mass is 477 g/mol. The summed E-state index contributed by atoms with van der Waals surface area (Å²) < 4.78 is 27.6. The fraction of sp³-hybridized carbons (Fsp3) is 0.296. The van der Waals surface area contributed by atoms with Gasteiger partial charge >= 0.3 is 0 Å². The number of carbonyl (C=O) groups is 1. The molecule has 1 N–H and O–H groups in total. The van der Waals surface area contributed by atoms with Crippen LogP contribution in [0.15, 0.2) is 77.7 Å². The molecule has 0 bridgehead atoms. The molecule has 0 radical (unpaired) electrons. The molecule has 0 atom stereocenters. The maximum Gasteiger partial charge on any atom is 0.243 e. The Morgan fingerprint density at radius 3 is 2.24 bits per heavy atom. The van der Waals surface area contributed by atoms with Gasteiger partial charge in [0.05, 0.1) is 4.90 Å². The second-order valence-corrected chi connectivity index (χ2v) is 10.6. The number of para-hydroxylation sites is 1. The summed E-state index contributed by atoms with van der Waals surface area (Å²) in [4.78, 5) is 15.2. The van der Waals surface area contributed by atoms with Gasteiger partial charge in [-0.05, 0) is 48.7 Å². The van der Waals surface area contributed by atoms with Crippen LogP contribution in [0.2, 0.25) is 0 Å². The molecule has 4 rings (SSSR count). The number of piperazine rings is 1. The number of anilines is 1. The lowest BCUT2D eigenvalue weighted by Gasteiger charge is -2.33. The van der Waals surface area contributed by atoms with E-state index in [4.69, 9.17) is 0 Å². The predicted octanol–water partition coefficient (Wildman–Crippen LogP) is 4.31. The normalized spacial score (nSPS) is 15.2. The van der Waals surface area contributed by atoms with E-state index in [0.29, 0.717) is 44.0 Å². The molecule has 6 nitrogen and oxygen atoms in total. The van der Waals surface area contributed by atoms with Crippen molar-refractivity contribution >= 4 is 21.6 Å². The molecule has 1 amide bonds. The zero-order valence-corrected chi connectivity index (χ0v) is 20.5. The van der Waals surface area contributed by atoms with Crippen molar-refractivity contribution < 1.29 is 13.2 Å². The van der Waals surface area contributed by atoms with Crippen LogP contribution in [0.4, 0.5) is 5.69 Å². The number of rotatable bonds is 7. The summed E-state index contributed by atoms with van der Waals surface area (Å²) in [6, 6.07) is 23.0. The van der Waals surface area contributed by atoms with Crippen molar-refractivity contribution in [3.8, 4) is 11.1 Å². The Labute approximate surface area is 202 Å². The summed E-state index contributed by atoms with van der Waals surface area (Å²) in [6.07, 6.45) is 0.354. The number of benzene rings is 3. The molecule has 34 heavy (non-hydrogen) atoms. The van der Waals surface area contributed by atoms with Gasteiger partial charge < -0.3 is 10.2 Å². The minimum Gasteiger partial charge on any atom is -0.325 e. The van der Waals surface area contributed by atoms with Crippen LogP contribution in [0.1, 0.15) is 17.5 Å². The summed E-state index contributed by atoms with van der Waals surface area (Å²) in [7, 11) is -3.50. The third kappa shape index (κ3) is 5.55. The number of hydrogen-bond acceptors (Lipinski definition) is 4. The fourth-order valence-electron chi connectivity index (χ4n) is 4.15. The third-order valence-electron chi connectivity index (χ3n) is 6.39. The van der Waals surface area contributed by atoms with E-state index < -0.39 is 10.0 Å². The van der Waals surface area contributed by atoms with Crippen molar-refractivity contribution in [1.82, 2.24) is 9.21 Å². The topological polar surface area (TPSA) is 69.7 Å². The number of carbonyl (C=O) groups excluding carboxylic acids is 1. The van der Waals surface area contributed by atoms with Gasteiger partial charge in [-0.3, -0.25) is 4.79 Å². The number of nitrogens with zero attached hydrogens (tertiary/aromatic N) is 2. The smallest absolute Gasteiger partial charge is 0.243 e. The van der Waals surface area contributed by atoms with E-state index in [9.17, 15) is 13.2 Å². The van der Waals surface area contributed by atoms with E-state index in [1.54, 1.807) is 16.4 Å². The molecule has 3 aromatic rings. The molecule has 0 spiro atoms. The minimum atomic E-state index is -3.50. The molecule has 1 aliphatic rings. The van der Waals surface area contributed by atoms with Gasteiger partial charge in [-0.2, -0.15) is 4.31 Å². The molecule has 1 saturated heterocycles. The van der Waals surface area contributed by atoms with Crippen LogP contribution >= 0.6 is 0 Å². The lowest BCUT2D eigenvalue weighted by atomic mass is 10.0. The zero-order valence-electron chi connectivity index (χ0n) is 19.7. The highest BCUT2D eigenvalue weighted by atomic mass is 32.2. The molecule has 0 saturated carbocycles. The van der Waals surface area contributed by atoms with Crippen LogP contribution in [-0.4, -0.2) is 56.3 Å². The molecule has 0 unspecified atom stereocenters. The van der Waals surface area contributed by atoms with Gasteiger partial charge in [0.1, 0.15) is 0 Å². The summed E-state index contributed by atoms with van der Waals surface area (Å²) in [6.45, 7) is 6.56. The Bertz CT molecular complexity index is 1250. The van der Waals surface area contributed by atoms with Gasteiger partial charge in [-0.25, -0.2) is 8.42 Å². The average Bonchev–Trinajstić information content (AvgIpc) is 2.85. The Kier molecular flexibility index (Phi) is 7.46. The standard InChI is InChI=1S/C27H31N3O3S/c1-21-12-13-24(20-22(21)2)34(32,33)30-18-16-29(17-19-30)15-14-27(31)28-26-11-7-6-10-25(26)23-8-4-3-5-9-23/h3-13,20H,14-19H2,1-2H3,(H,28,31).